The molecule has 0 radical (unpaired) electrons. The van der Waals surface area contributed by atoms with Crippen molar-refractivity contribution < 1.29 is 18.0 Å². The van der Waals surface area contributed by atoms with Crippen molar-refractivity contribution in [2.45, 2.75) is 17.9 Å². The zero-order valence-corrected chi connectivity index (χ0v) is 16.0. The molecule has 0 spiro atoms. The minimum absolute atomic E-state index is 0.0907. The Balaban J connectivity index is 1.65. The predicted octanol–water partition coefficient (Wildman–Crippen LogP) is 0.587. The lowest BCUT2D eigenvalue weighted by Gasteiger charge is -2.37. The third-order valence-electron chi connectivity index (χ3n) is 4.76. The summed E-state index contributed by atoms with van der Waals surface area (Å²) in [5.41, 5.74) is 0. The molecule has 142 valence electrons. The van der Waals surface area contributed by atoms with Gasteiger partial charge in [-0.3, -0.25) is 14.6 Å². The summed E-state index contributed by atoms with van der Waals surface area (Å²) in [5, 5.41) is 2.80. The number of nitrogens with zero attached hydrogens (tertiary/aromatic N) is 3. The molecule has 0 unspecified atom stereocenters. The van der Waals surface area contributed by atoms with Crippen LogP contribution in [0.3, 0.4) is 0 Å². The van der Waals surface area contributed by atoms with E-state index < -0.39 is 16.1 Å². The molecule has 0 aromatic heterocycles. The van der Waals surface area contributed by atoms with E-state index in [-0.39, 0.29) is 34.9 Å². The number of sulfonamides is 1. The molecule has 0 aliphatic carbocycles. The number of benzene rings is 1. The monoisotopic (exact) mass is 400 g/mol. The van der Waals surface area contributed by atoms with Gasteiger partial charge in [0.2, 0.25) is 15.9 Å². The SMILES string of the molecule is C[C@H](C(=O)N1CCNC1=O)N1CCN(S(=O)(=O)c2ccccc2Cl)CC1. The average Bonchev–Trinajstić information content (AvgIpc) is 3.06. The number of imide groups is 1. The quantitative estimate of drug-likeness (QED) is 0.798. The standard InChI is InChI=1S/C16H21ClN4O4S/c1-12(15(22)21-7-6-18-16(21)23)19-8-10-20(11-9-19)26(24,25)14-5-3-2-4-13(14)17/h2-5,12H,6-11H2,1H3,(H,18,23)/t12-/m1/s1. The zero-order chi connectivity index (χ0) is 18.9. The predicted molar refractivity (Wildman–Crippen MR) is 96.4 cm³/mol. The number of piperazine rings is 1. The number of nitrogens with one attached hydrogen (secondary N) is 1. The second-order valence-corrected chi connectivity index (χ2v) is 8.58. The largest absolute Gasteiger partial charge is 0.336 e. The molecule has 8 nitrogen and oxygen atoms in total. The Morgan fingerprint density at radius 1 is 1.15 bits per heavy atom. The van der Waals surface area contributed by atoms with Crippen LogP contribution in [-0.4, -0.2) is 79.8 Å². The Kier molecular flexibility index (Phi) is 5.52. The normalized spacial score (nSPS) is 20.8. The highest BCUT2D eigenvalue weighted by Crippen LogP contribution is 2.25. The van der Waals surface area contributed by atoms with Gasteiger partial charge in [0, 0.05) is 39.3 Å². The van der Waals surface area contributed by atoms with E-state index in [1.165, 1.54) is 15.3 Å². The lowest BCUT2D eigenvalue weighted by Crippen LogP contribution is -2.55. The Morgan fingerprint density at radius 3 is 2.38 bits per heavy atom. The number of urea groups is 1. The van der Waals surface area contributed by atoms with Crippen molar-refractivity contribution in [1.29, 1.82) is 0 Å². The van der Waals surface area contributed by atoms with Crippen molar-refractivity contribution in [2.75, 3.05) is 39.3 Å². The van der Waals surface area contributed by atoms with Crippen molar-refractivity contribution in [1.82, 2.24) is 19.4 Å². The van der Waals surface area contributed by atoms with E-state index in [1.807, 2.05) is 4.90 Å². The zero-order valence-electron chi connectivity index (χ0n) is 14.4. The summed E-state index contributed by atoms with van der Waals surface area (Å²) in [5.74, 6) is -0.262. The number of hydrogen-bond donors (Lipinski definition) is 1. The lowest BCUT2D eigenvalue weighted by atomic mass is 10.2. The second-order valence-electron chi connectivity index (χ2n) is 6.27. The molecule has 2 fully saturated rings. The van der Waals surface area contributed by atoms with Gasteiger partial charge in [0.1, 0.15) is 4.90 Å². The van der Waals surface area contributed by atoms with Gasteiger partial charge in [0.05, 0.1) is 11.1 Å². The molecule has 1 N–H and O–H groups in total. The van der Waals surface area contributed by atoms with Gasteiger partial charge >= 0.3 is 6.03 Å². The van der Waals surface area contributed by atoms with Crippen LogP contribution in [0.5, 0.6) is 0 Å². The number of rotatable bonds is 4. The van der Waals surface area contributed by atoms with E-state index >= 15 is 0 Å². The summed E-state index contributed by atoms with van der Waals surface area (Å²) >= 11 is 6.03. The van der Waals surface area contributed by atoms with E-state index in [9.17, 15) is 18.0 Å². The van der Waals surface area contributed by atoms with Crippen molar-refractivity contribution in [3.63, 3.8) is 0 Å². The first kappa shape index (κ1) is 19.1. The van der Waals surface area contributed by atoms with Gasteiger partial charge in [0.15, 0.2) is 0 Å². The van der Waals surface area contributed by atoms with Crippen LogP contribution in [-0.2, 0) is 14.8 Å². The van der Waals surface area contributed by atoms with Crippen LogP contribution in [0.4, 0.5) is 4.79 Å². The highest BCUT2D eigenvalue weighted by molar-refractivity contribution is 7.89. The minimum atomic E-state index is -3.67. The first-order valence-corrected chi connectivity index (χ1v) is 10.2. The van der Waals surface area contributed by atoms with Crippen molar-refractivity contribution in [2.24, 2.45) is 0 Å². The van der Waals surface area contributed by atoms with Gasteiger partial charge in [-0.05, 0) is 19.1 Å². The number of carbonyl (C=O) groups excluding carboxylic acids is 2. The maximum atomic E-state index is 12.8. The van der Waals surface area contributed by atoms with Crippen LogP contribution < -0.4 is 5.32 Å². The number of hydrogen-bond acceptors (Lipinski definition) is 5. The molecule has 0 bridgehead atoms. The Hall–Kier alpha value is -1.68. The van der Waals surface area contributed by atoms with Gasteiger partial charge in [-0.25, -0.2) is 13.2 Å². The summed E-state index contributed by atoms with van der Waals surface area (Å²) in [6.07, 6.45) is 0. The van der Waals surface area contributed by atoms with E-state index in [4.69, 9.17) is 11.6 Å². The topological polar surface area (TPSA) is 90.0 Å². The second kappa shape index (κ2) is 7.51. The molecule has 1 aromatic rings. The molecule has 3 rings (SSSR count). The van der Waals surface area contributed by atoms with E-state index in [0.29, 0.717) is 26.2 Å². The summed E-state index contributed by atoms with van der Waals surface area (Å²) < 4.78 is 26.9. The molecule has 2 saturated heterocycles. The van der Waals surface area contributed by atoms with Crippen molar-refractivity contribution in [3.05, 3.63) is 29.3 Å². The fraction of sp³-hybridized carbons (Fsp3) is 0.500. The molecule has 10 heteroatoms. The van der Waals surface area contributed by atoms with Crippen LogP contribution in [0.1, 0.15) is 6.92 Å². The molecule has 3 amide bonds. The fourth-order valence-electron chi connectivity index (χ4n) is 3.19. The Morgan fingerprint density at radius 2 is 1.81 bits per heavy atom. The first-order chi connectivity index (χ1) is 12.3. The Labute approximate surface area is 157 Å². The minimum Gasteiger partial charge on any atom is -0.336 e. The van der Waals surface area contributed by atoms with E-state index in [0.717, 1.165) is 0 Å². The lowest BCUT2D eigenvalue weighted by molar-refractivity contribution is -0.133. The molecule has 1 atom stereocenters. The molecular formula is C16H21ClN4O4S. The van der Waals surface area contributed by atoms with Gasteiger partial charge < -0.3 is 5.32 Å². The third kappa shape index (κ3) is 3.57. The molecule has 2 heterocycles. The summed E-state index contributed by atoms with van der Waals surface area (Å²) in [4.78, 5) is 27.3. The smallest absolute Gasteiger partial charge is 0.324 e. The number of carbonyl (C=O) groups is 2. The van der Waals surface area contributed by atoms with Gasteiger partial charge in [-0.15, -0.1) is 0 Å². The Bertz CT molecular complexity index is 808. The van der Waals surface area contributed by atoms with Crippen LogP contribution in [0.15, 0.2) is 29.2 Å². The fourth-order valence-corrected chi connectivity index (χ4v) is 5.10. The molecule has 1 aromatic carbocycles. The summed E-state index contributed by atoms with van der Waals surface area (Å²) in [6, 6.07) is 5.50. The number of halogens is 1. The van der Waals surface area contributed by atoms with Gasteiger partial charge in [-0.2, -0.15) is 4.31 Å². The maximum Gasteiger partial charge on any atom is 0.324 e. The van der Waals surface area contributed by atoms with Crippen LogP contribution in [0.25, 0.3) is 0 Å². The first-order valence-electron chi connectivity index (χ1n) is 8.40. The van der Waals surface area contributed by atoms with Crippen LogP contribution >= 0.6 is 11.6 Å². The molecule has 2 aliphatic rings. The molecular weight excluding hydrogens is 380 g/mol. The summed E-state index contributed by atoms with van der Waals surface area (Å²) in [7, 11) is -3.67. The van der Waals surface area contributed by atoms with Gasteiger partial charge in [0.25, 0.3) is 0 Å². The molecule has 2 aliphatic heterocycles. The highest BCUT2D eigenvalue weighted by atomic mass is 35.5. The van der Waals surface area contributed by atoms with Crippen molar-refractivity contribution >= 4 is 33.6 Å². The summed E-state index contributed by atoms with van der Waals surface area (Å²) in [6.45, 7) is 3.91. The number of amides is 3. The van der Waals surface area contributed by atoms with Gasteiger partial charge in [-0.1, -0.05) is 23.7 Å². The molecule has 26 heavy (non-hydrogen) atoms. The maximum absolute atomic E-state index is 12.8. The van der Waals surface area contributed by atoms with Crippen LogP contribution in [0.2, 0.25) is 5.02 Å². The van der Waals surface area contributed by atoms with Crippen LogP contribution in [0, 0.1) is 0 Å². The van der Waals surface area contributed by atoms with Crippen molar-refractivity contribution in [3.8, 4) is 0 Å². The van der Waals surface area contributed by atoms with E-state index in [2.05, 4.69) is 5.32 Å². The highest BCUT2D eigenvalue weighted by Gasteiger charge is 2.36. The average molecular weight is 401 g/mol. The molecule has 0 saturated carbocycles. The van der Waals surface area contributed by atoms with E-state index in [1.54, 1.807) is 25.1 Å². The third-order valence-corrected chi connectivity index (χ3v) is 7.15.